The monoisotopic (exact) mass is 472 g/mol. The lowest BCUT2D eigenvalue weighted by Gasteiger charge is -2.24. The van der Waals surface area contributed by atoms with Gasteiger partial charge in [-0.2, -0.15) is 16.8 Å². The molecule has 0 aliphatic heterocycles. The predicted molar refractivity (Wildman–Crippen MR) is 105 cm³/mol. The average molecular weight is 473 g/mol. The van der Waals surface area contributed by atoms with Gasteiger partial charge in [0.2, 0.25) is 0 Å². The van der Waals surface area contributed by atoms with Crippen LogP contribution in [0.25, 0.3) is 0 Å². The van der Waals surface area contributed by atoms with E-state index in [0.717, 1.165) is 0 Å². The largest absolute Gasteiger partial charge is 0.396 e. The summed E-state index contributed by atoms with van der Waals surface area (Å²) in [5.74, 6) is -1.32. The Bertz CT molecular complexity index is 493. The number of hydrogen-bond acceptors (Lipinski definition) is 10. The van der Waals surface area contributed by atoms with E-state index in [1.807, 2.05) is 13.8 Å². The Labute approximate surface area is 172 Å². The van der Waals surface area contributed by atoms with Crippen LogP contribution in [0, 0.1) is 10.8 Å². The standard InChI is InChI=1S/2C6H14O3.C3H8O6S2/c2*1-2-6(3-7,4-8)5-9;4-10(5,6)2-1-3-11(7,8)9/h2*7-9H,2-5H2,1H3;1-3H2,(H,4,5,6)(H,7,8,9). The normalized spacial score (nSPS) is 12.5. The van der Waals surface area contributed by atoms with Crippen LogP contribution in [0.2, 0.25) is 0 Å². The number of aliphatic hydroxyl groups excluding tert-OH is 6. The molecule has 0 heterocycles. The lowest BCUT2D eigenvalue weighted by molar-refractivity contribution is 0.00275. The molecule has 0 bridgehead atoms. The van der Waals surface area contributed by atoms with Gasteiger partial charge in [-0.1, -0.05) is 13.8 Å². The summed E-state index contributed by atoms with van der Waals surface area (Å²) in [6.45, 7) is 2.71. The molecule has 29 heavy (non-hydrogen) atoms. The zero-order chi connectivity index (χ0) is 23.8. The Morgan fingerprint density at radius 1 is 0.552 bits per heavy atom. The third-order valence-electron chi connectivity index (χ3n) is 4.32. The van der Waals surface area contributed by atoms with E-state index in [2.05, 4.69) is 0 Å². The molecule has 8 N–H and O–H groups in total. The minimum absolute atomic E-state index is 0.156. The Balaban J connectivity index is -0.000000352. The second-order valence-electron chi connectivity index (χ2n) is 6.58. The fourth-order valence-corrected chi connectivity index (χ4v) is 2.60. The maximum Gasteiger partial charge on any atom is 0.264 e. The molecule has 0 rings (SSSR count). The van der Waals surface area contributed by atoms with Crippen molar-refractivity contribution in [2.24, 2.45) is 10.8 Å². The Morgan fingerprint density at radius 3 is 0.828 bits per heavy atom. The molecule has 0 aliphatic rings. The van der Waals surface area contributed by atoms with Crippen molar-refractivity contribution in [3.05, 3.63) is 0 Å². The summed E-state index contributed by atoms with van der Waals surface area (Å²) in [4.78, 5) is 0. The molecule has 0 aromatic carbocycles. The number of aliphatic hydroxyl groups is 6. The smallest absolute Gasteiger partial charge is 0.264 e. The highest BCUT2D eigenvalue weighted by molar-refractivity contribution is 7.86. The molecule has 0 aliphatic carbocycles. The van der Waals surface area contributed by atoms with E-state index in [9.17, 15) is 16.8 Å². The Hall–Kier alpha value is -0.420. The van der Waals surface area contributed by atoms with E-state index in [0.29, 0.717) is 12.8 Å². The summed E-state index contributed by atoms with van der Waals surface area (Å²) in [6.07, 6.45) is 0.880. The van der Waals surface area contributed by atoms with Crippen LogP contribution in [0.15, 0.2) is 0 Å². The van der Waals surface area contributed by atoms with Gasteiger partial charge in [0.15, 0.2) is 0 Å². The molecular formula is C15H36O12S2. The maximum atomic E-state index is 10.00. The summed E-state index contributed by atoms with van der Waals surface area (Å²) >= 11 is 0. The summed E-state index contributed by atoms with van der Waals surface area (Å²) in [6, 6.07) is 0. The van der Waals surface area contributed by atoms with Gasteiger partial charge >= 0.3 is 0 Å². The molecule has 14 heteroatoms. The zero-order valence-corrected chi connectivity index (χ0v) is 18.4. The molecule has 0 aromatic heterocycles. The van der Waals surface area contributed by atoms with Crippen LogP contribution >= 0.6 is 0 Å². The van der Waals surface area contributed by atoms with Gasteiger partial charge in [0.1, 0.15) is 0 Å². The van der Waals surface area contributed by atoms with Crippen molar-refractivity contribution in [1.29, 1.82) is 0 Å². The van der Waals surface area contributed by atoms with Crippen LogP contribution in [-0.2, 0) is 20.2 Å². The van der Waals surface area contributed by atoms with Crippen molar-refractivity contribution in [3.8, 4) is 0 Å². The molecule has 0 atom stereocenters. The topological polar surface area (TPSA) is 230 Å². The van der Waals surface area contributed by atoms with Gasteiger partial charge < -0.3 is 30.6 Å². The minimum Gasteiger partial charge on any atom is -0.396 e. The second-order valence-corrected chi connectivity index (χ2v) is 9.73. The molecule has 0 unspecified atom stereocenters. The van der Waals surface area contributed by atoms with Crippen molar-refractivity contribution in [2.75, 3.05) is 51.1 Å². The van der Waals surface area contributed by atoms with Crippen molar-refractivity contribution in [3.63, 3.8) is 0 Å². The summed E-state index contributed by atoms with van der Waals surface area (Å²) < 4.78 is 56.2. The quantitative estimate of drug-likeness (QED) is 0.142. The zero-order valence-electron chi connectivity index (χ0n) is 16.8. The van der Waals surface area contributed by atoms with Gasteiger partial charge in [-0.15, -0.1) is 0 Å². The van der Waals surface area contributed by atoms with Crippen LogP contribution in [-0.4, -0.2) is 108 Å². The van der Waals surface area contributed by atoms with Crippen LogP contribution in [0.3, 0.4) is 0 Å². The van der Waals surface area contributed by atoms with E-state index >= 15 is 0 Å². The molecular weight excluding hydrogens is 436 g/mol. The summed E-state index contributed by atoms with van der Waals surface area (Å²) in [5, 5.41) is 51.9. The SMILES string of the molecule is CCC(CO)(CO)CO.CCC(CO)(CO)CO.O=S(=O)(O)CCCS(=O)(=O)O. The Morgan fingerprint density at radius 2 is 0.759 bits per heavy atom. The first-order valence-electron chi connectivity index (χ1n) is 8.75. The molecule has 12 nitrogen and oxygen atoms in total. The number of rotatable bonds is 12. The molecule has 0 saturated heterocycles. The highest BCUT2D eigenvalue weighted by Crippen LogP contribution is 2.18. The second kappa shape index (κ2) is 16.3. The van der Waals surface area contributed by atoms with E-state index in [1.54, 1.807) is 0 Å². The van der Waals surface area contributed by atoms with Crippen molar-refractivity contribution in [2.45, 2.75) is 33.1 Å². The highest BCUT2D eigenvalue weighted by atomic mass is 32.2. The van der Waals surface area contributed by atoms with Gasteiger partial charge in [-0.05, 0) is 19.3 Å². The number of hydrogen-bond donors (Lipinski definition) is 8. The highest BCUT2D eigenvalue weighted by Gasteiger charge is 2.25. The molecule has 0 saturated carbocycles. The maximum absolute atomic E-state index is 10.00. The van der Waals surface area contributed by atoms with Crippen molar-refractivity contribution >= 4 is 20.2 Å². The minimum atomic E-state index is -4.12. The third kappa shape index (κ3) is 18.1. The Kier molecular flexibility index (Phi) is 18.7. The van der Waals surface area contributed by atoms with Crippen LogP contribution in [0.4, 0.5) is 0 Å². The van der Waals surface area contributed by atoms with Gasteiger partial charge in [-0.25, -0.2) is 0 Å². The van der Waals surface area contributed by atoms with E-state index in [4.69, 9.17) is 39.7 Å². The first-order chi connectivity index (χ1) is 13.2. The molecule has 180 valence electrons. The van der Waals surface area contributed by atoms with Crippen LogP contribution in [0.1, 0.15) is 33.1 Å². The molecule has 0 spiro atoms. The third-order valence-corrected chi connectivity index (χ3v) is 5.93. The first kappa shape index (κ1) is 33.2. The van der Waals surface area contributed by atoms with Crippen molar-refractivity contribution in [1.82, 2.24) is 0 Å². The fourth-order valence-electron chi connectivity index (χ4n) is 1.39. The molecule has 0 aromatic rings. The van der Waals surface area contributed by atoms with E-state index in [1.165, 1.54) is 0 Å². The van der Waals surface area contributed by atoms with Gasteiger partial charge in [-0.3, -0.25) is 9.11 Å². The van der Waals surface area contributed by atoms with Gasteiger partial charge in [0.05, 0.1) is 51.1 Å². The lowest BCUT2D eigenvalue weighted by Crippen LogP contribution is -2.32. The van der Waals surface area contributed by atoms with Crippen molar-refractivity contribution < 1.29 is 56.6 Å². The summed E-state index contributed by atoms with van der Waals surface area (Å²) in [7, 11) is -8.24. The average Bonchev–Trinajstić information content (AvgIpc) is 2.65. The van der Waals surface area contributed by atoms with E-state index < -0.39 is 42.6 Å². The van der Waals surface area contributed by atoms with Crippen LogP contribution in [0.5, 0.6) is 0 Å². The lowest BCUT2D eigenvalue weighted by atomic mass is 9.88. The molecule has 0 amide bonds. The molecule has 0 fully saturated rings. The van der Waals surface area contributed by atoms with Gasteiger partial charge in [0, 0.05) is 10.8 Å². The molecule has 0 radical (unpaired) electrons. The summed E-state index contributed by atoms with van der Waals surface area (Å²) in [5.41, 5.74) is -1.33. The first-order valence-corrected chi connectivity index (χ1v) is 12.0. The van der Waals surface area contributed by atoms with Gasteiger partial charge in [0.25, 0.3) is 20.2 Å². The fraction of sp³-hybridized carbons (Fsp3) is 1.00. The van der Waals surface area contributed by atoms with E-state index in [-0.39, 0.29) is 46.1 Å². The van der Waals surface area contributed by atoms with Crippen LogP contribution < -0.4 is 0 Å². The predicted octanol–water partition coefficient (Wildman–Crippen LogP) is -2.13.